The molecule has 0 bridgehead atoms. The van der Waals surface area contributed by atoms with Crippen LogP contribution in [0.4, 0.5) is 0 Å². The topological polar surface area (TPSA) is 55.2 Å². The van der Waals surface area contributed by atoms with Crippen molar-refractivity contribution in [1.29, 1.82) is 0 Å². The molecule has 6 heteroatoms. The Bertz CT molecular complexity index is 852. The van der Waals surface area contributed by atoms with Crippen LogP contribution in [-0.4, -0.2) is 21.7 Å². The van der Waals surface area contributed by atoms with Crippen molar-refractivity contribution in [3.05, 3.63) is 51.7 Å². The van der Waals surface area contributed by atoms with Crippen molar-refractivity contribution in [3.63, 3.8) is 0 Å². The zero-order valence-corrected chi connectivity index (χ0v) is 16.0. The van der Waals surface area contributed by atoms with E-state index < -0.39 is 5.60 Å². The van der Waals surface area contributed by atoms with E-state index in [2.05, 4.69) is 20.9 Å². The van der Waals surface area contributed by atoms with Gasteiger partial charge in [0.15, 0.2) is 0 Å². The third-order valence-electron chi connectivity index (χ3n) is 3.86. The summed E-state index contributed by atoms with van der Waals surface area (Å²) in [6.07, 6.45) is 4.72. The van der Waals surface area contributed by atoms with Gasteiger partial charge in [0.2, 0.25) is 0 Å². The highest BCUT2D eigenvalue weighted by atomic mass is 79.9. The van der Waals surface area contributed by atoms with Crippen LogP contribution in [0.3, 0.4) is 0 Å². The van der Waals surface area contributed by atoms with Gasteiger partial charge in [-0.25, -0.2) is 4.98 Å². The van der Waals surface area contributed by atoms with Crippen LogP contribution in [0.1, 0.15) is 37.3 Å². The molecule has 0 aliphatic rings. The molecule has 2 heterocycles. The van der Waals surface area contributed by atoms with Crippen molar-refractivity contribution in [2.24, 2.45) is 0 Å². The number of hydrogen-bond acceptors (Lipinski definition) is 5. The average Bonchev–Trinajstić information content (AvgIpc) is 3.02. The molecule has 2 aromatic heterocycles. The van der Waals surface area contributed by atoms with Crippen LogP contribution < -0.4 is 4.74 Å². The van der Waals surface area contributed by atoms with Gasteiger partial charge in [-0.15, -0.1) is 11.3 Å². The molecule has 1 unspecified atom stereocenters. The Labute approximate surface area is 153 Å². The first-order chi connectivity index (χ1) is 11.6. The lowest BCUT2D eigenvalue weighted by Gasteiger charge is -2.27. The van der Waals surface area contributed by atoms with Crippen molar-refractivity contribution in [3.8, 4) is 5.75 Å². The van der Waals surface area contributed by atoms with Crippen molar-refractivity contribution in [2.75, 3.05) is 6.61 Å². The van der Waals surface area contributed by atoms with E-state index in [1.807, 2.05) is 32.0 Å². The Kier molecular flexibility index (Phi) is 5.18. The van der Waals surface area contributed by atoms with E-state index >= 15 is 0 Å². The lowest BCUT2D eigenvalue weighted by Crippen LogP contribution is -2.28. The number of pyridine rings is 1. The second-order valence-corrected chi connectivity index (χ2v) is 7.38. The van der Waals surface area contributed by atoms with Gasteiger partial charge in [-0.05, 0) is 47.5 Å². The van der Waals surface area contributed by atoms with Gasteiger partial charge >= 0.3 is 0 Å². The molecule has 24 heavy (non-hydrogen) atoms. The van der Waals surface area contributed by atoms with Crippen LogP contribution in [0.2, 0.25) is 0 Å². The van der Waals surface area contributed by atoms with E-state index in [-0.39, 0.29) is 0 Å². The normalized spacial score (nSPS) is 13.8. The molecule has 1 aromatic carbocycles. The summed E-state index contributed by atoms with van der Waals surface area (Å²) < 4.78 is 7.73. The number of aromatic nitrogens is 2. The number of benzene rings is 1. The highest BCUT2D eigenvalue weighted by Crippen LogP contribution is 2.43. The SMILES string of the molecule is CCCC(O)(c1nc2cccc(Br)c2s1)c1cnccc1OCC. The van der Waals surface area contributed by atoms with E-state index in [0.717, 1.165) is 21.1 Å². The number of aliphatic hydroxyl groups is 1. The quantitative estimate of drug-likeness (QED) is 0.632. The molecule has 4 nitrogen and oxygen atoms in total. The molecule has 0 saturated heterocycles. The molecular formula is C18H19BrN2O2S. The Morgan fingerprint density at radius 2 is 2.12 bits per heavy atom. The van der Waals surface area contributed by atoms with E-state index in [1.165, 1.54) is 11.3 Å². The minimum Gasteiger partial charge on any atom is -0.493 e. The molecule has 0 fully saturated rings. The third-order valence-corrected chi connectivity index (χ3v) is 6.04. The van der Waals surface area contributed by atoms with Gasteiger partial charge in [0.1, 0.15) is 16.4 Å². The number of nitrogens with zero attached hydrogens (tertiary/aromatic N) is 2. The summed E-state index contributed by atoms with van der Waals surface area (Å²) in [5.74, 6) is 0.654. The zero-order chi connectivity index (χ0) is 17.2. The molecule has 0 saturated carbocycles. The number of halogens is 1. The van der Waals surface area contributed by atoms with Crippen LogP contribution in [0, 0.1) is 0 Å². The highest BCUT2D eigenvalue weighted by Gasteiger charge is 2.37. The third kappa shape index (κ3) is 3.06. The summed E-state index contributed by atoms with van der Waals surface area (Å²) in [6.45, 7) is 4.51. The Hall–Kier alpha value is -1.50. The monoisotopic (exact) mass is 406 g/mol. The number of rotatable bonds is 6. The minimum absolute atomic E-state index is 0.532. The van der Waals surface area contributed by atoms with Gasteiger partial charge in [0.25, 0.3) is 0 Å². The Morgan fingerprint density at radius 1 is 1.29 bits per heavy atom. The second kappa shape index (κ2) is 7.17. The summed E-state index contributed by atoms with van der Waals surface area (Å²) in [5.41, 5.74) is 0.334. The summed E-state index contributed by atoms with van der Waals surface area (Å²) in [5, 5.41) is 12.2. The van der Waals surface area contributed by atoms with Gasteiger partial charge < -0.3 is 9.84 Å². The van der Waals surface area contributed by atoms with E-state index in [1.54, 1.807) is 18.5 Å². The van der Waals surface area contributed by atoms with Crippen LogP contribution >= 0.6 is 27.3 Å². The van der Waals surface area contributed by atoms with Gasteiger partial charge in [-0.1, -0.05) is 19.4 Å². The molecule has 3 aromatic rings. The summed E-state index contributed by atoms with van der Waals surface area (Å²) >= 11 is 5.06. The van der Waals surface area contributed by atoms with Crippen LogP contribution in [0.5, 0.6) is 5.75 Å². The van der Waals surface area contributed by atoms with Crippen molar-refractivity contribution >= 4 is 37.5 Å². The van der Waals surface area contributed by atoms with Gasteiger partial charge in [-0.3, -0.25) is 4.98 Å². The number of thiazole rings is 1. The molecule has 3 rings (SSSR count). The average molecular weight is 407 g/mol. The van der Waals surface area contributed by atoms with E-state index in [9.17, 15) is 5.11 Å². The van der Waals surface area contributed by atoms with E-state index in [0.29, 0.717) is 29.3 Å². The van der Waals surface area contributed by atoms with Gasteiger partial charge in [0, 0.05) is 16.9 Å². The number of fused-ring (bicyclic) bond motifs is 1. The maximum atomic E-state index is 11.6. The largest absolute Gasteiger partial charge is 0.493 e. The Balaban J connectivity index is 2.19. The fraction of sp³-hybridized carbons (Fsp3) is 0.333. The fourth-order valence-corrected chi connectivity index (χ4v) is 4.49. The zero-order valence-electron chi connectivity index (χ0n) is 13.6. The molecule has 0 aliphatic carbocycles. The molecule has 1 atom stereocenters. The van der Waals surface area contributed by atoms with Crippen molar-refractivity contribution < 1.29 is 9.84 Å². The van der Waals surface area contributed by atoms with Crippen LogP contribution in [0.25, 0.3) is 10.2 Å². The van der Waals surface area contributed by atoms with E-state index in [4.69, 9.17) is 9.72 Å². The predicted molar refractivity (Wildman–Crippen MR) is 101 cm³/mol. The Morgan fingerprint density at radius 3 is 2.83 bits per heavy atom. The fourth-order valence-electron chi connectivity index (χ4n) is 2.78. The molecule has 1 N–H and O–H groups in total. The summed E-state index contributed by atoms with van der Waals surface area (Å²) in [6, 6.07) is 7.69. The minimum atomic E-state index is -1.21. The standard InChI is InChI=1S/C18H19BrN2O2S/c1-3-9-18(22,12-11-20-10-8-15(12)23-4-2)17-21-14-7-5-6-13(19)16(14)24-17/h5-8,10-11,22H,3-4,9H2,1-2H3. The molecule has 0 amide bonds. The van der Waals surface area contributed by atoms with Crippen molar-refractivity contribution in [1.82, 2.24) is 9.97 Å². The highest BCUT2D eigenvalue weighted by molar-refractivity contribution is 9.10. The summed E-state index contributed by atoms with van der Waals surface area (Å²) in [4.78, 5) is 8.90. The molecule has 0 spiro atoms. The first-order valence-electron chi connectivity index (χ1n) is 7.95. The van der Waals surface area contributed by atoms with Crippen molar-refractivity contribution in [2.45, 2.75) is 32.3 Å². The van der Waals surface area contributed by atoms with Crippen LogP contribution in [-0.2, 0) is 5.60 Å². The second-order valence-electron chi connectivity index (χ2n) is 5.52. The lowest BCUT2D eigenvalue weighted by atomic mass is 9.90. The lowest BCUT2D eigenvalue weighted by molar-refractivity contribution is 0.0663. The molecule has 0 aliphatic heterocycles. The first-order valence-corrected chi connectivity index (χ1v) is 9.56. The molecule has 126 valence electrons. The molecular weight excluding hydrogens is 388 g/mol. The van der Waals surface area contributed by atoms with Gasteiger partial charge in [0.05, 0.1) is 22.4 Å². The maximum absolute atomic E-state index is 11.6. The summed E-state index contributed by atoms with van der Waals surface area (Å²) in [7, 11) is 0. The predicted octanol–water partition coefficient (Wildman–Crippen LogP) is 4.89. The first kappa shape index (κ1) is 17.3. The number of hydrogen-bond donors (Lipinski definition) is 1. The van der Waals surface area contributed by atoms with Crippen LogP contribution in [0.15, 0.2) is 41.1 Å². The molecule has 0 radical (unpaired) electrons. The number of ether oxygens (including phenoxy) is 1. The van der Waals surface area contributed by atoms with Gasteiger partial charge in [-0.2, -0.15) is 0 Å². The smallest absolute Gasteiger partial charge is 0.146 e. The maximum Gasteiger partial charge on any atom is 0.146 e.